The van der Waals surface area contributed by atoms with Gasteiger partial charge in [-0.2, -0.15) is 0 Å². The van der Waals surface area contributed by atoms with Gasteiger partial charge in [-0.25, -0.2) is 4.98 Å². The number of aromatic nitrogens is 1. The predicted molar refractivity (Wildman–Crippen MR) is 65.0 cm³/mol. The first kappa shape index (κ1) is 14.2. The number of carboxylic acids is 1. The fraction of sp³-hybridized carbons (Fsp3) is 0.364. The molecule has 2 N–H and O–H groups in total. The van der Waals surface area contributed by atoms with Gasteiger partial charge in [-0.05, 0) is 19.9 Å². The molecule has 0 aliphatic carbocycles. The lowest BCUT2D eigenvalue weighted by Crippen LogP contribution is -2.38. The summed E-state index contributed by atoms with van der Waals surface area (Å²) in [4.78, 5) is 26.1. The van der Waals surface area contributed by atoms with Gasteiger partial charge in [-0.15, -0.1) is 0 Å². The minimum absolute atomic E-state index is 0.177. The van der Waals surface area contributed by atoms with Crippen molar-refractivity contribution in [3.8, 4) is 5.88 Å². The van der Waals surface area contributed by atoms with Crippen molar-refractivity contribution < 1.29 is 19.4 Å². The van der Waals surface area contributed by atoms with Crippen molar-refractivity contribution in [3.05, 3.63) is 22.8 Å². The zero-order valence-corrected chi connectivity index (χ0v) is 10.7. The van der Waals surface area contributed by atoms with Crippen LogP contribution in [0.3, 0.4) is 0 Å². The summed E-state index contributed by atoms with van der Waals surface area (Å²) in [5.74, 6) is -1.43. The van der Waals surface area contributed by atoms with Crippen molar-refractivity contribution >= 4 is 23.5 Å². The smallest absolute Gasteiger partial charge is 0.325 e. The Morgan fingerprint density at radius 3 is 2.78 bits per heavy atom. The molecule has 0 saturated heterocycles. The number of hydrogen-bond acceptors (Lipinski definition) is 4. The molecule has 0 aliphatic heterocycles. The molecule has 7 heteroatoms. The Bertz CT molecular complexity index is 464. The van der Waals surface area contributed by atoms with Crippen molar-refractivity contribution in [2.45, 2.75) is 19.9 Å². The van der Waals surface area contributed by atoms with Crippen LogP contribution in [0.25, 0.3) is 0 Å². The standard InChI is InChI=1S/C11H13ClN2O4/c1-3-18-10-8(12)4-7(5-13-10)9(15)14-6(2)11(16)17/h4-6H,3H2,1-2H3,(H,14,15)(H,16,17). The first-order valence-corrected chi connectivity index (χ1v) is 5.65. The van der Waals surface area contributed by atoms with E-state index >= 15 is 0 Å². The van der Waals surface area contributed by atoms with Crippen molar-refractivity contribution in [1.82, 2.24) is 10.3 Å². The Hall–Kier alpha value is -1.82. The minimum Gasteiger partial charge on any atom is -0.480 e. The third-order valence-electron chi connectivity index (χ3n) is 2.07. The lowest BCUT2D eigenvalue weighted by molar-refractivity contribution is -0.138. The maximum absolute atomic E-state index is 11.7. The monoisotopic (exact) mass is 272 g/mol. The molecular formula is C11H13ClN2O4. The molecule has 0 aliphatic rings. The molecule has 0 spiro atoms. The lowest BCUT2D eigenvalue weighted by atomic mass is 10.2. The third-order valence-corrected chi connectivity index (χ3v) is 2.34. The van der Waals surface area contributed by atoms with E-state index in [9.17, 15) is 9.59 Å². The van der Waals surface area contributed by atoms with Gasteiger partial charge >= 0.3 is 5.97 Å². The number of ether oxygens (including phenoxy) is 1. The van der Waals surface area contributed by atoms with Crippen LogP contribution in [0.5, 0.6) is 5.88 Å². The third kappa shape index (κ3) is 3.59. The van der Waals surface area contributed by atoms with E-state index < -0.39 is 17.9 Å². The van der Waals surface area contributed by atoms with Crippen LogP contribution in [0.2, 0.25) is 5.02 Å². The number of carboxylic acid groups (broad SMARTS) is 1. The number of pyridine rings is 1. The van der Waals surface area contributed by atoms with Crippen LogP contribution in [0.4, 0.5) is 0 Å². The second-order valence-electron chi connectivity index (χ2n) is 3.48. The normalized spacial score (nSPS) is 11.7. The predicted octanol–water partition coefficient (Wildman–Crippen LogP) is 1.34. The topological polar surface area (TPSA) is 88.5 Å². The summed E-state index contributed by atoms with van der Waals surface area (Å²) in [6.45, 7) is 3.56. The molecule has 1 amide bonds. The molecule has 6 nitrogen and oxygen atoms in total. The number of hydrogen-bond donors (Lipinski definition) is 2. The molecule has 0 radical (unpaired) electrons. The first-order valence-electron chi connectivity index (χ1n) is 5.27. The highest BCUT2D eigenvalue weighted by atomic mass is 35.5. The van der Waals surface area contributed by atoms with Crippen molar-refractivity contribution in [3.63, 3.8) is 0 Å². The maximum Gasteiger partial charge on any atom is 0.325 e. The average molecular weight is 273 g/mol. The molecular weight excluding hydrogens is 260 g/mol. The van der Waals surface area contributed by atoms with Crippen molar-refractivity contribution in [2.24, 2.45) is 0 Å². The highest BCUT2D eigenvalue weighted by Gasteiger charge is 2.16. The fourth-order valence-electron chi connectivity index (χ4n) is 1.13. The van der Waals surface area contributed by atoms with Gasteiger partial charge in [-0.1, -0.05) is 11.6 Å². The lowest BCUT2D eigenvalue weighted by Gasteiger charge is -2.10. The molecule has 0 aromatic carbocycles. The van der Waals surface area contributed by atoms with Crippen LogP contribution < -0.4 is 10.1 Å². The largest absolute Gasteiger partial charge is 0.480 e. The van der Waals surface area contributed by atoms with E-state index in [2.05, 4.69) is 10.3 Å². The van der Waals surface area contributed by atoms with Gasteiger partial charge in [0.05, 0.1) is 12.2 Å². The molecule has 1 aromatic heterocycles. The van der Waals surface area contributed by atoms with Crippen LogP contribution in [0, 0.1) is 0 Å². The molecule has 1 atom stereocenters. The maximum atomic E-state index is 11.7. The van der Waals surface area contributed by atoms with Crippen molar-refractivity contribution in [1.29, 1.82) is 0 Å². The number of nitrogens with zero attached hydrogens (tertiary/aromatic N) is 1. The fourth-order valence-corrected chi connectivity index (χ4v) is 1.36. The highest BCUT2D eigenvalue weighted by Crippen LogP contribution is 2.22. The zero-order valence-electron chi connectivity index (χ0n) is 9.94. The summed E-state index contributed by atoms with van der Waals surface area (Å²) in [5.41, 5.74) is 0.177. The number of halogens is 1. The van der Waals surface area contributed by atoms with Crippen LogP contribution in [0.1, 0.15) is 24.2 Å². The Labute approximate surface area is 109 Å². The van der Waals surface area contributed by atoms with Gasteiger partial charge < -0.3 is 15.2 Å². The number of amides is 1. The number of carbonyl (C=O) groups is 2. The van der Waals surface area contributed by atoms with E-state index in [1.807, 2.05) is 0 Å². The van der Waals surface area contributed by atoms with Gasteiger partial charge in [-0.3, -0.25) is 9.59 Å². The van der Waals surface area contributed by atoms with Gasteiger partial charge in [0.15, 0.2) is 0 Å². The Morgan fingerprint density at radius 1 is 1.61 bits per heavy atom. The number of rotatable bonds is 5. The number of aliphatic carboxylic acids is 1. The van der Waals surface area contributed by atoms with Crippen LogP contribution in [-0.2, 0) is 4.79 Å². The second-order valence-corrected chi connectivity index (χ2v) is 3.88. The van der Waals surface area contributed by atoms with E-state index in [1.165, 1.54) is 19.2 Å². The Morgan fingerprint density at radius 2 is 2.28 bits per heavy atom. The van der Waals surface area contributed by atoms with Crippen LogP contribution >= 0.6 is 11.6 Å². The Balaban J connectivity index is 2.81. The van der Waals surface area contributed by atoms with Gasteiger partial charge in [0, 0.05) is 6.20 Å². The van der Waals surface area contributed by atoms with Gasteiger partial charge in [0.25, 0.3) is 5.91 Å². The number of nitrogens with one attached hydrogen (secondary N) is 1. The summed E-state index contributed by atoms with van der Waals surface area (Å²) >= 11 is 5.87. The van der Waals surface area contributed by atoms with E-state index in [1.54, 1.807) is 6.92 Å². The molecule has 18 heavy (non-hydrogen) atoms. The van der Waals surface area contributed by atoms with Crippen molar-refractivity contribution in [2.75, 3.05) is 6.61 Å². The van der Waals surface area contributed by atoms with E-state index in [-0.39, 0.29) is 16.5 Å². The van der Waals surface area contributed by atoms with Crippen LogP contribution in [-0.4, -0.2) is 34.6 Å². The first-order chi connectivity index (χ1) is 8.45. The summed E-state index contributed by atoms with van der Waals surface area (Å²) in [6.07, 6.45) is 1.28. The molecule has 1 aromatic rings. The van der Waals surface area contributed by atoms with Gasteiger partial charge in [0.2, 0.25) is 5.88 Å². The summed E-state index contributed by atoms with van der Waals surface area (Å²) in [7, 11) is 0. The summed E-state index contributed by atoms with van der Waals surface area (Å²) in [5, 5.41) is 11.2. The van der Waals surface area contributed by atoms with Gasteiger partial charge in [0.1, 0.15) is 11.1 Å². The molecule has 1 heterocycles. The molecule has 0 bridgehead atoms. The Kier molecular flexibility index (Phi) is 4.91. The quantitative estimate of drug-likeness (QED) is 0.844. The van der Waals surface area contributed by atoms with E-state index in [0.717, 1.165) is 0 Å². The second kappa shape index (κ2) is 6.20. The highest BCUT2D eigenvalue weighted by molar-refractivity contribution is 6.32. The summed E-state index contributed by atoms with van der Waals surface area (Å²) in [6, 6.07) is 0.395. The number of carbonyl (C=O) groups excluding carboxylic acids is 1. The average Bonchev–Trinajstić information content (AvgIpc) is 2.31. The minimum atomic E-state index is -1.12. The van der Waals surface area contributed by atoms with E-state index in [4.69, 9.17) is 21.4 Å². The molecule has 0 saturated carbocycles. The molecule has 1 unspecified atom stereocenters. The molecule has 98 valence electrons. The molecule has 0 fully saturated rings. The zero-order chi connectivity index (χ0) is 13.7. The van der Waals surface area contributed by atoms with Crippen LogP contribution in [0.15, 0.2) is 12.3 Å². The molecule has 1 rings (SSSR count). The van der Waals surface area contributed by atoms with E-state index in [0.29, 0.717) is 6.61 Å². The summed E-state index contributed by atoms with van der Waals surface area (Å²) < 4.78 is 5.12. The SMILES string of the molecule is CCOc1ncc(C(=O)NC(C)C(=O)O)cc1Cl.